The Bertz CT molecular complexity index is 698. The Labute approximate surface area is 100.0 Å². The van der Waals surface area contributed by atoms with Gasteiger partial charge in [-0.05, 0) is 30.3 Å². The summed E-state index contributed by atoms with van der Waals surface area (Å²) >= 11 is 3.40. The van der Waals surface area contributed by atoms with Crippen LogP contribution in [0.2, 0.25) is 0 Å². The van der Waals surface area contributed by atoms with Crippen molar-refractivity contribution in [2.75, 3.05) is 0 Å². The number of benzene rings is 2. The number of rotatable bonds is 1. The lowest BCUT2D eigenvalue weighted by Crippen LogP contribution is -1.76. The van der Waals surface area contributed by atoms with Crippen LogP contribution in [-0.2, 0) is 0 Å². The van der Waals surface area contributed by atoms with Crippen LogP contribution in [-0.4, -0.2) is 6.29 Å². The molecule has 0 aliphatic heterocycles. The Morgan fingerprint density at radius 2 is 1.69 bits per heavy atom. The monoisotopic (exact) mass is 274 g/mol. The van der Waals surface area contributed by atoms with Crippen molar-refractivity contribution in [2.45, 2.75) is 0 Å². The molecule has 2 nitrogen and oxygen atoms in total. The van der Waals surface area contributed by atoms with E-state index in [2.05, 4.69) is 15.9 Å². The third-order valence-corrected chi connectivity index (χ3v) is 3.09. The SMILES string of the molecule is O=Cc1ccc2c(c1)oc1cc(Br)ccc12. The van der Waals surface area contributed by atoms with Crippen molar-refractivity contribution in [2.24, 2.45) is 0 Å². The maximum atomic E-state index is 10.7. The molecule has 0 amide bonds. The molecule has 3 aromatic rings. The molecule has 0 radical (unpaired) electrons. The van der Waals surface area contributed by atoms with Crippen LogP contribution in [0.1, 0.15) is 10.4 Å². The molecule has 1 aromatic heterocycles. The Kier molecular flexibility index (Phi) is 2.07. The lowest BCUT2D eigenvalue weighted by molar-refractivity contribution is 0.112. The van der Waals surface area contributed by atoms with Gasteiger partial charge in [-0.15, -0.1) is 0 Å². The Morgan fingerprint density at radius 3 is 2.44 bits per heavy atom. The van der Waals surface area contributed by atoms with Gasteiger partial charge in [-0.2, -0.15) is 0 Å². The quantitative estimate of drug-likeness (QED) is 0.624. The standard InChI is InChI=1S/C13H7BrO2/c14-9-2-4-11-10-3-1-8(7-15)5-12(10)16-13(11)6-9/h1-7H. The lowest BCUT2D eigenvalue weighted by atomic mass is 10.1. The number of hydrogen-bond donors (Lipinski definition) is 0. The molecule has 2 aromatic carbocycles. The van der Waals surface area contributed by atoms with E-state index in [9.17, 15) is 4.79 Å². The molecule has 3 heteroatoms. The largest absolute Gasteiger partial charge is 0.456 e. The molecule has 1 heterocycles. The van der Waals surface area contributed by atoms with Crippen molar-refractivity contribution in [1.29, 1.82) is 0 Å². The molecule has 0 aliphatic rings. The zero-order chi connectivity index (χ0) is 11.1. The van der Waals surface area contributed by atoms with Gasteiger partial charge in [0.05, 0.1) is 0 Å². The highest BCUT2D eigenvalue weighted by Gasteiger charge is 2.07. The van der Waals surface area contributed by atoms with Crippen LogP contribution in [0.25, 0.3) is 21.9 Å². The van der Waals surface area contributed by atoms with Crippen molar-refractivity contribution >= 4 is 44.2 Å². The Balaban J connectivity index is 2.45. The summed E-state index contributed by atoms with van der Waals surface area (Å²) in [5, 5.41) is 2.10. The number of halogens is 1. The normalized spacial score (nSPS) is 11.1. The van der Waals surface area contributed by atoms with E-state index in [1.165, 1.54) is 0 Å². The molecular formula is C13H7BrO2. The molecule has 0 fully saturated rings. The van der Waals surface area contributed by atoms with Crippen LogP contribution in [0, 0.1) is 0 Å². The van der Waals surface area contributed by atoms with Gasteiger partial charge in [0, 0.05) is 20.8 Å². The average Bonchev–Trinajstić information content (AvgIpc) is 2.64. The molecule has 3 rings (SSSR count). The van der Waals surface area contributed by atoms with Crippen molar-refractivity contribution in [1.82, 2.24) is 0 Å². The summed E-state index contributed by atoms with van der Waals surface area (Å²) in [6, 6.07) is 11.4. The summed E-state index contributed by atoms with van der Waals surface area (Å²) in [4.78, 5) is 10.7. The fourth-order valence-electron chi connectivity index (χ4n) is 1.84. The van der Waals surface area contributed by atoms with Gasteiger partial charge in [0.15, 0.2) is 0 Å². The summed E-state index contributed by atoms with van der Waals surface area (Å²) in [5.74, 6) is 0. The second-order valence-electron chi connectivity index (χ2n) is 3.62. The molecule has 0 spiro atoms. The summed E-state index contributed by atoms with van der Waals surface area (Å²) < 4.78 is 6.67. The van der Waals surface area contributed by atoms with Gasteiger partial charge in [0.1, 0.15) is 17.5 Å². The van der Waals surface area contributed by atoms with Gasteiger partial charge in [0.2, 0.25) is 0 Å². The van der Waals surface area contributed by atoms with E-state index in [4.69, 9.17) is 4.42 Å². The number of carbonyl (C=O) groups excluding carboxylic acids is 1. The molecule has 0 atom stereocenters. The molecule has 78 valence electrons. The van der Waals surface area contributed by atoms with Crippen molar-refractivity contribution in [3.05, 3.63) is 46.4 Å². The first-order chi connectivity index (χ1) is 7.78. The zero-order valence-corrected chi connectivity index (χ0v) is 9.82. The number of furan rings is 1. The predicted molar refractivity (Wildman–Crippen MR) is 66.8 cm³/mol. The van der Waals surface area contributed by atoms with Gasteiger partial charge >= 0.3 is 0 Å². The molecule has 0 bridgehead atoms. The maximum Gasteiger partial charge on any atom is 0.150 e. The van der Waals surface area contributed by atoms with E-state index in [1.807, 2.05) is 24.3 Å². The highest BCUT2D eigenvalue weighted by Crippen LogP contribution is 2.30. The first-order valence-electron chi connectivity index (χ1n) is 4.85. The van der Waals surface area contributed by atoms with Crippen LogP contribution in [0.15, 0.2) is 45.3 Å². The Hall–Kier alpha value is -1.61. The second-order valence-corrected chi connectivity index (χ2v) is 4.53. The molecule has 16 heavy (non-hydrogen) atoms. The number of aldehydes is 1. The van der Waals surface area contributed by atoms with Crippen LogP contribution < -0.4 is 0 Å². The minimum Gasteiger partial charge on any atom is -0.456 e. The highest BCUT2D eigenvalue weighted by atomic mass is 79.9. The molecule has 0 N–H and O–H groups in total. The number of fused-ring (bicyclic) bond motifs is 3. The van der Waals surface area contributed by atoms with Gasteiger partial charge in [-0.25, -0.2) is 0 Å². The molecule has 0 unspecified atom stereocenters. The highest BCUT2D eigenvalue weighted by molar-refractivity contribution is 9.10. The summed E-state index contributed by atoms with van der Waals surface area (Å²) in [5.41, 5.74) is 2.20. The van der Waals surface area contributed by atoms with Crippen LogP contribution in [0.3, 0.4) is 0 Å². The predicted octanol–water partition coefficient (Wildman–Crippen LogP) is 4.16. The molecule has 0 saturated carbocycles. The van der Waals surface area contributed by atoms with Gasteiger partial charge in [-0.3, -0.25) is 4.79 Å². The summed E-state index contributed by atoms with van der Waals surface area (Å²) in [6.07, 6.45) is 0.822. The van der Waals surface area contributed by atoms with Gasteiger partial charge < -0.3 is 4.42 Å². The summed E-state index contributed by atoms with van der Waals surface area (Å²) in [7, 11) is 0. The Morgan fingerprint density at radius 1 is 1.00 bits per heavy atom. The van der Waals surface area contributed by atoms with Crippen molar-refractivity contribution in [3.8, 4) is 0 Å². The minimum atomic E-state index is 0.630. The fraction of sp³-hybridized carbons (Fsp3) is 0. The van der Waals surface area contributed by atoms with Crippen LogP contribution in [0.5, 0.6) is 0 Å². The zero-order valence-electron chi connectivity index (χ0n) is 8.24. The summed E-state index contributed by atoms with van der Waals surface area (Å²) in [6.45, 7) is 0. The van der Waals surface area contributed by atoms with Gasteiger partial charge in [0.25, 0.3) is 0 Å². The van der Waals surface area contributed by atoms with E-state index in [0.29, 0.717) is 5.56 Å². The van der Waals surface area contributed by atoms with Crippen molar-refractivity contribution in [3.63, 3.8) is 0 Å². The first kappa shape index (κ1) is 9.60. The second kappa shape index (κ2) is 3.46. The van der Waals surface area contributed by atoms with E-state index >= 15 is 0 Å². The number of hydrogen-bond acceptors (Lipinski definition) is 2. The van der Waals surface area contributed by atoms with Crippen LogP contribution >= 0.6 is 15.9 Å². The van der Waals surface area contributed by atoms with E-state index in [0.717, 1.165) is 32.7 Å². The fourth-order valence-corrected chi connectivity index (χ4v) is 2.18. The van der Waals surface area contributed by atoms with E-state index in [1.54, 1.807) is 12.1 Å². The smallest absolute Gasteiger partial charge is 0.150 e. The third-order valence-electron chi connectivity index (χ3n) is 2.60. The molecule has 0 aliphatic carbocycles. The third kappa shape index (κ3) is 1.36. The number of carbonyl (C=O) groups is 1. The van der Waals surface area contributed by atoms with Crippen molar-refractivity contribution < 1.29 is 9.21 Å². The molecular weight excluding hydrogens is 268 g/mol. The topological polar surface area (TPSA) is 30.2 Å². The van der Waals surface area contributed by atoms with E-state index in [-0.39, 0.29) is 0 Å². The van der Waals surface area contributed by atoms with E-state index < -0.39 is 0 Å². The lowest BCUT2D eigenvalue weighted by Gasteiger charge is -1.90. The van der Waals surface area contributed by atoms with Crippen LogP contribution in [0.4, 0.5) is 0 Å². The minimum absolute atomic E-state index is 0.630. The average molecular weight is 275 g/mol. The molecule has 0 saturated heterocycles. The first-order valence-corrected chi connectivity index (χ1v) is 5.64. The maximum absolute atomic E-state index is 10.7. The van der Waals surface area contributed by atoms with Gasteiger partial charge in [-0.1, -0.05) is 22.0 Å².